The molecule has 1 aromatic heterocycles. The summed E-state index contributed by atoms with van der Waals surface area (Å²) in [5.41, 5.74) is 0.534. The van der Waals surface area contributed by atoms with Gasteiger partial charge in [-0.3, -0.25) is 14.5 Å². The normalized spacial score (nSPS) is 16.0. The predicted octanol–water partition coefficient (Wildman–Crippen LogP) is 0.736. The maximum atomic E-state index is 12.3. The van der Waals surface area contributed by atoms with Gasteiger partial charge in [0.1, 0.15) is 5.69 Å². The Bertz CT molecular complexity index is 495. The second-order valence-corrected chi connectivity index (χ2v) is 6.23. The molecule has 6 nitrogen and oxygen atoms in total. The fourth-order valence-electron chi connectivity index (χ4n) is 2.26. The Morgan fingerprint density at radius 3 is 2.62 bits per heavy atom. The van der Waals surface area contributed by atoms with Crippen LogP contribution in [-0.4, -0.2) is 65.9 Å². The summed E-state index contributed by atoms with van der Waals surface area (Å²) in [4.78, 5) is 32.1. The molecule has 1 aromatic rings. The molecule has 2 amide bonds. The first-order valence-electron chi connectivity index (χ1n) is 7.30. The zero-order valence-corrected chi connectivity index (χ0v) is 13.4. The number of nitrogens with one attached hydrogen (secondary N) is 1. The molecule has 2 rings (SSSR count). The summed E-state index contributed by atoms with van der Waals surface area (Å²) in [6, 6.07) is 0. The number of amides is 2. The summed E-state index contributed by atoms with van der Waals surface area (Å²) in [5.74, 6) is 0.0567. The van der Waals surface area contributed by atoms with Crippen LogP contribution in [0.1, 0.15) is 28.8 Å². The molecule has 7 heteroatoms. The van der Waals surface area contributed by atoms with E-state index in [4.69, 9.17) is 0 Å². The van der Waals surface area contributed by atoms with E-state index in [0.717, 1.165) is 31.1 Å². The number of piperazine rings is 1. The molecular weight excluding hydrogens is 288 g/mol. The fourth-order valence-corrected chi connectivity index (χ4v) is 2.84. The zero-order valence-electron chi connectivity index (χ0n) is 12.6. The molecule has 116 valence electrons. The van der Waals surface area contributed by atoms with Gasteiger partial charge in [-0.1, -0.05) is 6.92 Å². The fraction of sp³-hybridized carbons (Fsp3) is 0.643. The van der Waals surface area contributed by atoms with Gasteiger partial charge < -0.3 is 10.2 Å². The van der Waals surface area contributed by atoms with Gasteiger partial charge >= 0.3 is 0 Å². The second-order valence-electron chi connectivity index (χ2n) is 5.17. The molecular formula is C14H22N4O2S. The number of aromatic nitrogens is 1. The number of hydrogen-bond acceptors (Lipinski definition) is 5. The van der Waals surface area contributed by atoms with Crippen molar-refractivity contribution in [3.05, 3.63) is 16.1 Å². The van der Waals surface area contributed by atoms with E-state index in [1.165, 1.54) is 11.3 Å². The summed E-state index contributed by atoms with van der Waals surface area (Å²) < 4.78 is 0. The average Bonchev–Trinajstić information content (AvgIpc) is 2.92. The van der Waals surface area contributed by atoms with E-state index in [2.05, 4.69) is 15.2 Å². The first-order chi connectivity index (χ1) is 10.1. The van der Waals surface area contributed by atoms with Crippen LogP contribution >= 0.6 is 11.3 Å². The Morgan fingerprint density at radius 1 is 1.33 bits per heavy atom. The predicted molar refractivity (Wildman–Crippen MR) is 82.5 cm³/mol. The highest BCUT2D eigenvalue weighted by Gasteiger charge is 2.24. The van der Waals surface area contributed by atoms with Gasteiger partial charge in [0.2, 0.25) is 5.91 Å². The maximum absolute atomic E-state index is 12.3. The molecule has 0 bridgehead atoms. The third-order valence-corrected chi connectivity index (χ3v) is 4.21. The van der Waals surface area contributed by atoms with Gasteiger partial charge in [-0.25, -0.2) is 4.98 Å². The van der Waals surface area contributed by atoms with Gasteiger partial charge in [0.15, 0.2) is 0 Å². The highest BCUT2D eigenvalue weighted by atomic mass is 32.1. The molecule has 21 heavy (non-hydrogen) atoms. The SMILES string of the molecule is CCCNC(=O)CN1CCN(C(=O)c2csc(C)n2)CC1. The van der Waals surface area contributed by atoms with Crippen molar-refractivity contribution >= 4 is 23.2 Å². The Labute approximate surface area is 129 Å². The van der Waals surface area contributed by atoms with Crippen molar-refractivity contribution in [1.82, 2.24) is 20.1 Å². The molecule has 0 saturated carbocycles. The van der Waals surface area contributed by atoms with Crippen molar-refractivity contribution in [3.63, 3.8) is 0 Å². The molecule has 1 aliphatic heterocycles. The lowest BCUT2D eigenvalue weighted by molar-refractivity contribution is -0.122. The molecule has 2 heterocycles. The van der Waals surface area contributed by atoms with Crippen LogP contribution in [0, 0.1) is 6.92 Å². The van der Waals surface area contributed by atoms with Gasteiger partial charge in [-0.2, -0.15) is 0 Å². The van der Waals surface area contributed by atoms with E-state index in [-0.39, 0.29) is 11.8 Å². The zero-order chi connectivity index (χ0) is 15.2. The summed E-state index contributed by atoms with van der Waals surface area (Å²) in [7, 11) is 0. The standard InChI is InChI=1S/C14H22N4O2S/c1-3-4-15-13(19)9-17-5-7-18(8-6-17)14(20)12-10-21-11(2)16-12/h10H,3-9H2,1-2H3,(H,15,19). The van der Waals surface area contributed by atoms with Crippen molar-refractivity contribution in [3.8, 4) is 0 Å². The maximum Gasteiger partial charge on any atom is 0.273 e. The van der Waals surface area contributed by atoms with Crippen LogP contribution in [0.15, 0.2) is 5.38 Å². The van der Waals surface area contributed by atoms with Gasteiger partial charge in [-0.15, -0.1) is 11.3 Å². The van der Waals surface area contributed by atoms with Crippen molar-refractivity contribution in [2.45, 2.75) is 20.3 Å². The van der Waals surface area contributed by atoms with E-state index in [1.54, 1.807) is 0 Å². The van der Waals surface area contributed by atoms with E-state index in [9.17, 15) is 9.59 Å². The van der Waals surface area contributed by atoms with E-state index >= 15 is 0 Å². The minimum absolute atomic E-state index is 0.00515. The van der Waals surface area contributed by atoms with Crippen LogP contribution in [0.3, 0.4) is 0 Å². The molecule has 0 unspecified atom stereocenters. The monoisotopic (exact) mass is 310 g/mol. The Kier molecular flexibility index (Phi) is 5.69. The Hall–Kier alpha value is -1.47. The van der Waals surface area contributed by atoms with E-state index in [0.29, 0.717) is 25.3 Å². The molecule has 1 aliphatic rings. The summed E-state index contributed by atoms with van der Waals surface area (Å²) in [5, 5.41) is 5.59. The topological polar surface area (TPSA) is 65.5 Å². The van der Waals surface area contributed by atoms with Crippen molar-refractivity contribution in [1.29, 1.82) is 0 Å². The first kappa shape index (κ1) is 15.9. The molecule has 0 atom stereocenters. The number of hydrogen-bond donors (Lipinski definition) is 1. The van der Waals surface area contributed by atoms with Gasteiger partial charge in [0.05, 0.1) is 11.6 Å². The summed E-state index contributed by atoms with van der Waals surface area (Å²) in [6.45, 7) is 7.83. The van der Waals surface area contributed by atoms with Crippen LogP contribution in [0.25, 0.3) is 0 Å². The highest BCUT2D eigenvalue weighted by molar-refractivity contribution is 7.09. The lowest BCUT2D eigenvalue weighted by Crippen LogP contribution is -2.51. The molecule has 1 fully saturated rings. The molecule has 0 aromatic carbocycles. The number of carbonyl (C=O) groups excluding carboxylic acids is 2. The third kappa shape index (κ3) is 4.50. The second kappa shape index (κ2) is 7.51. The number of aryl methyl sites for hydroxylation is 1. The number of carbonyl (C=O) groups is 2. The van der Waals surface area contributed by atoms with Crippen LogP contribution in [0.2, 0.25) is 0 Å². The largest absolute Gasteiger partial charge is 0.355 e. The smallest absolute Gasteiger partial charge is 0.273 e. The van der Waals surface area contributed by atoms with Crippen molar-refractivity contribution < 1.29 is 9.59 Å². The van der Waals surface area contributed by atoms with Crippen molar-refractivity contribution in [2.24, 2.45) is 0 Å². The van der Waals surface area contributed by atoms with Crippen LogP contribution in [0.4, 0.5) is 0 Å². The Balaban J connectivity index is 1.78. The average molecular weight is 310 g/mol. The van der Waals surface area contributed by atoms with Gasteiger partial charge in [0.25, 0.3) is 5.91 Å². The van der Waals surface area contributed by atoms with Crippen LogP contribution in [0.5, 0.6) is 0 Å². The highest BCUT2D eigenvalue weighted by Crippen LogP contribution is 2.12. The Morgan fingerprint density at radius 2 is 2.05 bits per heavy atom. The van der Waals surface area contributed by atoms with Gasteiger partial charge in [-0.05, 0) is 13.3 Å². The lowest BCUT2D eigenvalue weighted by Gasteiger charge is -2.33. The summed E-state index contributed by atoms with van der Waals surface area (Å²) >= 11 is 1.49. The van der Waals surface area contributed by atoms with Crippen LogP contribution < -0.4 is 5.32 Å². The summed E-state index contributed by atoms with van der Waals surface area (Å²) in [6.07, 6.45) is 0.946. The quantitative estimate of drug-likeness (QED) is 0.871. The molecule has 1 N–H and O–H groups in total. The third-order valence-electron chi connectivity index (χ3n) is 3.44. The van der Waals surface area contributed by atoms with Crippen LogP contribution in [-0.2, 0) is 4.79 Å². The minimum Gasteiger partial charge on any atom is -0.355 e. The molecule has 0 spiro atoms. The number of nitrogens with zero attached hydrogens (tertiary/aromatic N) is 3. The first-order valence-corrected chi connectivity index (χ1v) is 8.18. The number of thiazole rings is 1. The minimum atomic E-state index is -0.00515. The molecule has 1 saturated heterocycles. The van der Waals surface area contributed by atoms with E-state index in [1.807, 2.05) is 24.1 Å². The van der Waals surface area contributed by atoms with Gasteiger partial charge in [0, 0.05) is 38.1 Å². The van der Waals surface area contributed by atoms with Crippen molar-refractivity contribution in [2.75, 3.05) is 39.3 Å². The lowest BCUT2D eigenvalue weighted by atomic mass is 10.3. The molecule has 0 radical (unpaired) electrons. The van der Waals surface area contributed by atoms with E-state index < -0.39 is 0 Å². The molecule has 0 aliphatic carbocycles. The number of rotatable bonds is 5.